The van der Waals surface area contributed by atoms with Gasteiger partial charge in [-0.1, -0.05) is 11.6 Å². The van der Waals surface area contributed by atoms with E-state index in [2.05, 4.69) is 4.98 Å². The Hall–Kier alpha value is -2.70. The zero-order valence-electron chi connectivity index (χ0n) is 19.3. The summed E-state index contributed by atoms with van der Waals surface area (Å²) in [7, 11) is -2.21. The van der Waals surface area contributed by atoms with Gasteiger partial charge < -0.3 is 14.2 Å². The summed E-state index contributed by atoms with van der Waals surface area (Å²) in [6.07, 6.45) is 3.15. The van der Waals surface area contributed by atoms with Gasteiger partial charge in [0, 0.05) is 31.9 Å². The third kappa shape index (κ3) is 6.67. The highest BCUT2D eigenvalue weighted by molar-refractivity contribution is 7.89. The molecule has 2 aromatic rings. The number of carbonyl (C=O) groups excluding carboxylic acids is 2. The quantitative estimate of drug-likeness (QED) is 0.570. The molecule has 0 bridgehead atoms. The van der Waals surface area contributed by atoms with Gasteiger partial charge in [0.15, 0.2) is 5.82 Å². The molecule has 1 aromatic heterocycles. The van der Waals surface area contributed by atoms with Gasteiger partial charge >= 0.3 is 6.09 Å². The number of amides is 2. The van der Waals surface area contributed by atoms with Crippen molar-refractivity contribution in [3.05, 3.63) is 41.1 Å². The molecule has 2 amide bonds. The summed E-state index contributed by atoms with van der Waals surface area (Å²) in [5.41, 5.74) is 1.80. The van der Waals surface area contributed by atoms with Gasteiger partial charge in [-0.2, -0.15) is 0 Å². The molecule has 3 rings (SSSR count). The van der Waals surface area contributed by atoms with E-state index >= 15 is 0 Å². The van der Waals surface area contributed by atoms with Crippen molar-refractivity contribution in [1.82, 2.24) is 24.7 Å². The smallest absolute Gasteiger partial charge is 0.410 e. The third-order valence-corrected chi connectivity index (χ3v) is 6.58. The molecule has 1 aliphatic rings. The lowest BCUT2D eigenvalue weighted by atomic mass is 10.1. The van der Waals surface area contributed by atoms with Crippen molar-refractivity contribution in [2.75, 3.05) is 18.8 Å². The fourth-order valence-corrected chi connectivity index (χ4v) is 4.91. The molecule has 0 unspecified atom stereocenters. The molecule has 0 spiro atoms. The summed E-state index contributed by atoms with van der Waals surface area (Å²) in [6, 6.07) is 2.57. The van der Waals surface area contributed by atoms with Crippen molar-refractivity contribution in [3.63, 3.8) is 0 Å². The maximum Gasteiger partial charge on any atom is 0.410 e. The van der Waals surface area contributed by atoms with Crippen LogP contribution in [0.2, 0.25) is 5.02 Å². The number of halogens is 2. The van der Waals surface area contributed by atoms with Crippen molar-refractivity contribution in [3.8, 4) is 11.3 Å². The van der Waals surface area contributed by atoms with Gasteiger partial charge in [0.1, 0.15) is 5.60 Å². The van der Waals surface area contributed by atoms with E-state index in [9.17, 15) is 22.4 Å². The van der Waals surface area contributed by atoms with Crippen molar-refractivity contribution in [2.24, 2.45) is 13.0 Å². The molecule has 186 valence electrons. The van der Waals surface area contributed by atoms with Gasteiger partial charge in [0.2, 0.25) is 10.0 Å². The van der Waals surface area contributed by atoms with Crippen LogP contribution in [-0.4, -0.2) is 59.3 Å². The zero-order valence-corrected chi connectivity index (χ0v) is 20.8. The Morgan fingerprint density at radius 3 is 2.65 bits per heavy atom. The Kier molecular flexibility index (Phi) is 7.53. The number of likely N-dealkylation sites (tertiary alicyclic amines) is 1. The van der Waals surface area contributed by atoms with Gasteiger partial charge in [-0.3, -0.25) is 10.2 Å². The Balaban J connectivity index is 1.61. The average molecular weight is 516 g/mol. The summed E-state index contributed by atoms with van der Waals surface area (Å²) >= 11 is 5.93. The van der Waals surface area contributed by atoms with E-state index in [1.54, 1.807) is 38.6 Å². The lowest BCUT2D eigenvalue weighted by molar-refractivity contribution is 0.0289. The number of aromatic nitrogens is 2. The second kappa shape index (κ2) is 9.88. The SMILES string of the molecule is Cn1cnc(-c2cc(Cl)c(F)c(C(=O)NNS(=O)(=O)C[C@H]3CCN(C(=O)OC(C)(C)C)C3)c2)c1. The Labute approximate surface area is 202 Å². The number of imidazole rings is 1. The highest BCUT2D eigenvalue weighted by Crippen LogP contribution is 2.27. The number of nitrogens with one attached hydrogen (secondary N) is 2. The first kappa shape index (κ1) is 25.9. The number of sulfonamides is 1. The van der Waals surface area contributed by atoms with E-state index in [1.807, 2.05) is 10.3 Å². The van der Waals surface area contributed by atoms with Gasteiger partial charge in [0.05, 0.1) is 28.4 Å². The first-order chi connectivity index (χ1) is 15.7. The lowest BCUT2D eigenvalue weighted by Gasteiger charge is -2.24. The molecule has 1 fully saturated rings. The normalized spacial score (nSPS) is 16.5. The maximum absolute atomic E-state index is 14.5. The number of benzene rings is 1. The van der Waals surface area contributed by atoms with Crippen LogP contribution in [0, 0.1) is 11.7 Å². The number of hydrogen-bond donors (Lipinski definition) is 2. The summed E-state index contributed by atoms with van der Waals surface area (Å²) in [4.78, 5) is 32.3. The molecule has 0 saturated carbocycles. The Morgan fingerprint density at radius 2 is 2.03 bits per heavy atom. The van der Waals surface area contributed by atoms with Crippen LogP contribution in [0.3, 0.4) is 0 Å². The summed E-state index contributed by atoms with van der Waals surface area (Å²) in [5, 5.41) is -0.302. The predicted octanol–water partition coefficient (Wildman–Crippen LogP) is 2.70. The minimum absolute atomic E-state index is 0.208. The molecule has 0 aliphatic carbocycles. The van der Waals surface area contributed by atoms with Crippen LogP contribution in [0.5, 0.6) is 0 Å². The van der Waals surface area contributed by atoms with Gasteiger partial charge in [-0.25, -0.2) is 22.6 Å². The van der Waals surface area contributed by atoms with Crippen molar-refractivity contribution < 1.29 is 27.1 Å². The fraction of sp³-hybridized carbons (Fsp3) is 0.476. The first-order valence-corrected chi connectivity index (χ1v) is 12.5. The van der Waals surface area contributed by atoms with E-state index in [4.69, 9.17) is 16.3 Å². The molecule has 2 heterocycles. The van der Waals surface area contributed by atoms with Gasteiger partial charge in [0.25, 0.3) is 5.91 Å². The number of nitrogens with zero attached hydrogens (tertiary/aromatic N) is 3. The highest BCUT2D eigenvalue weighted by Gasteiger charge is 2.32. The standard InChI is InChI=1S/C21H27ClFN5O5S/c1-21(2,3)33-20(30)28-6-5-13(9-28)11-34(31,32)26-25-19(29)15-7-14(8-16(22)18(15)23)17-10-27(4)12-24-17/h7-8,10,12-13,26H,5-6,9,11H2,1-4H3,(H,25,29)/t13-/m0/s1. The Morgan fingerprint density at radius 1 is 1.32 bits per heavy atom. The van der Waals surface area contributed by atoms with Crippen molar-refractivity contribution >= 4 is 33.6 Å². The molecule has 1 atom stereocenters. The molecule has 10 nitrogen and oxygen atoms in total. The highest BCUT2D eigenvalue weighted by atomic mass is 35.5. The van der Waals surface area contributed by atoms with Crippen LogP contribution in [-0.2, 0) is 21.8 Å². The first-order valence-electron chi connectivity index (χ1n) is 10.5. The van der Waals surface area contributed by atoms with Crippen LogP contribution in [0.25, 0.3) is 11.3 Å². The lowest BCUT2D eigenvalue weighted by Crippen LogP contribution is -2.44. The van der Waals surface area contributed by atoms with Crippen molar-refractivity contribution in [2.45, 2.75) is 32.8 Å². The number of hydrazine groups is 1. The monoisotopic (exact) mass is 515 g/mol. The molecule has 13 heteroatoms. The second-order valence-electron chi connectivity index (χ2n) is 9.16. The fourth-order valence-electron chi connectivity index (χ4n) is 3.47. The van der Waals surface area contributed by atoms with Crippen LogP contribution >= 0.6 is 11.6 Å². The van der Waals surface area contributed by atoms with Gasteiger partial charge in [-0.05, 0) is 45.2 Å². The molecule has 1 aliphatic heterocycles. The van der Waals surface area contributed by atoms with E-state index in [-0.39, 0.29) is 23.2 Å². The van der Waals surface area contributed by atoms with E-state index in [1.165, 1.54) is 23.4 Å². The third-order valence-electron chi connectivity index (χ3n) is 4.99. The van der Waals surface area contributed by atoms with E-state index in [0.29, 0.717) is 24.2 Å². The van der Waals surface area contributed by atoms with Crippen LogP contribution in [0.1, 0.15) is 37.6 Å². The molecular formula is C21H27ClFN5O5S. The second-order valence-corrected chi connectivity index (χ2v) is 11.3. The number of rotatable bonds is 6. The van der Waals surface area contributed by atoms with Crippen LogP contribution < -0.4 is 10.3 Å². The van der Waals surface area contributed by atoms with E-state index in [0.717, 1.165) is 0 Å². The number of carbonyl (C=O) groups is 2. The Bertz CT molecular complexity index is 1190. The minimum atomic E-state index is -3.97. The summed E-state index contributed by atoms with van der Waals surface area (Å²) < 4.78 is 46.4. The van der Waals surface area contributed by atoms with Crippen LogP contribution in [0.15, 0.2) is 24.7 Å². The predicted molar refractivity (Wildman–Crippen MR) is 124 cm³/mol. The van der Waals surface area contributed by atoms with Crippen LogP contribution in [0.4, 0.5) is 9.18 Å². The minimum Gasteiger partial charge on any atom is -0.444 e. The van der Waals surface area contributed by atoms with Crippen molar-refractivity contribution in [1.29, 1.82) is 0 Å². The topological polar surface area (TPSA) is 123 Å². The summed E-state index contributed by atoms with van der Waals surface area (Å²) in [6.45, 7) is 5.82. The average Bonchev–Trinajstić information content (AvgIpc) is 3.35. The number of ether oxygens (including phenoxy) is 1. The molecule has 0 radical (unpaired) electrons. The largest absolute Gasteiger partial charge is 0.444 e. The van der Waals surface area contributed by atoms with E-state index < -0.39 is 39.0 Å². The molecule has 1 saturated heterocycles. The molecule has 34 heavy (non-hydrogen) atoms. The number of hydrogen-bond acceptors (Lipinski definition) is 6. The molecule has 2 N–H and O–H groups in total. The number of aryl methyl sites for hydroxylation is 1. The van der Waals surface area contributed by atoms with Gasteiger partial charge in [-0.15, -0.1) is 4.83 Å². The molecule has 1 aromatic carbocycles. The maximum atomic E-state index is 14.5. The molecular weight excluding hydrogens is 489 g/mol. The summed E-state index contributed by atoms with van der Waals surface area (Å²) in [5.74, 6) is -2.67. The zero-order chi connectivity index (χ0) is 25.3.